The maximum Gasteiger partial charge on any atom is 0.330 e. The largest absolute Gasteiger partial charge is 0.493 e. The van der Waals surface area contributed by atoms with Crippen molar-refractivity contribution in [3.8, 4) is 22.4 Å². The Kier molecular flexibility index (Phi) is 9.08. The van der Waals surface area contributed by atoms with E-state index in [1.54, 1.807) is 43.5 Å². The summed E-state index contributed by atoms with van der Waals surface area (Å²) in [5.74, 6) is -0.549. The fourth-order valence-corrected chi connectivity index (χ4v) is 6.82. The number of carbonyl (C=O) groups excluding carboxylic acids is 1. The summed E-state index contributed by atoms with van der Waals surface area (Å²) in [7, 11) is -3.93. The van der Waals surface area contributed by atoms with Crippen LogP contribution in [0.5, 0.6) is 0 Å². The molecule has 5 aromatic rings. The molecule has 1 unspecified atom stereocenters. The standard InChI is InChI=1S/C35H28Cl2N4O5S/c1-2-46-33(43)18-5-22-3-6-23(7-4-22)24-8-10-25(11-9-24)34(35-38-20-31(39-35)29-17-14-27(36)19-30(29)37)26-12-15-28(16-13-26)41-21-32(42)40-47(41,44)45/h3-21,34,40,42H,2H2,1H3,(H,38,39). The highest BCUT2D eigenvalue weighted by molar-refractivity contribution is 7.91. The smallest absolute Gasteiger partial charge is 0.330 e. The van der Waals surface area contributed by atoms with Gasteiger partial charge in [-0.05, 0) is 71.1 Å². The first-order valence-corrected chi connectivity index (χ1v) is 16.7. The Bertz CT molecular complexity index is 2090. The minimum atomic E-state index is -3.93. The number of imidazole rings is 1. The molecule has 0 spiro atoms. The average Bonchev–Trinajstić information content (AvgIpc) is 3.64. The van der Waals surface area contributed by atoms with Gasteiger partial charge in [-0.1, -0.05) is 83.9 Å². The van der Waals surface area contributed by atoms with Crippen LogP contribution in [0.1, 0.15) is 35.4 Å². The topological polar surface area (TPSA) is 125 Å². The molecule has 3 N–H and O–H groups in total. The molecule has 1 aromatic heterocycles. The van der Waals surface area contributed by atoms with Crippen LogP contribution >= 0.6 is 23.2 Å². The predicted molar refractivity (Wildman–Crippen MR) is 184 cm³/mol. The van der Waals surface area contributed by atoms with E-state index >= 15 is 0 Å². The molecular weight excluding hydrogens is 659 g/mol. The Morgan fingerprint density at radius 1 is 0.957 bits per heavy atom. The lowest BCUT2D eigenvalue weighted by atomic mass is 9.89. The van der Waals surface area contributed by atoms with Crippen LogP contribution in [0, 0.1) is 0 Å². The molecule has 0 saturated heterocycles. The molecule has 47 heavy (non-hydrogen) atoms. The zero-order chi connectivity index (χ0) is 33.1. The van der Waals surface area contributed by atoms with Gasteiger partial charge in [0.2, 0.25) is 5.88 Å². The van der Waals surface area contributed by atoms with Crippen molar-refractivity contribution in [3.05, 3.63) is 148 Å². The van der Waals surface area contributed by atoms with Gasteiger partial charge in [-0.15, -0.1) is 0 Å². The molecule has 0 aliphatic carbocycles. The van der Waals surface area contributed by atoms with E-state index in [4.69, 9.17) is 32.9 Å². The average molecular weight is 688 g/mol. The summed E-state index contributed by atoms with van der Waals surface area (Å²) in [6, 6.07) is 28.2. The third kappa shape index (κ3) is 7.05. The summed E-state index contributed by atoms with van der Waals surface area (Å²) >= 11 is 12.6. The van der Waals surface area contributed by atoms with E-state index in [0.29, 0.717) is 33.9 Å². The highest BCUT2D eigenvalue weighted by Crippen LogP contribution is 2.36. The van der Waals surface area contributed by atoms with Crippen LogP contribution in [0.3, 0.4) is 0 Å². The molecule has 12 heteroatoms. The normalized spacial score (nSPS) is 14.5. The monoisotopic (exact) mass is 686 g/mol. The zero-order valence-corrected chi connectivity index (χ0v) is 27.2. The molecule has 1 atom stereocenters. The molecular formula is C35H28Cl2N4O5S. The molecule has 9 nitrogen and oxygen atoms in total. The van der Waals surface area contributed by atoms with E-state index in [1.165, 1.54) is 6.08 Å². The van der Waals surface area contributed by atoms with Gasteiger partial charge in [-0.2, -0.15) is 8.42 Å². The van der Waals surface area contributed by atoms with E-state index in [2.05, 4.69) is 9.71 Å². The van der Waals surface area contributed by atoms with E-state index in [-0.39, 0.29) is 11.9 Å². The molecule has 1 aliphatic heterocycles. The van der Waals surface area contributed by atoms with Crippen LogP contribution in [-0.2, 0) is 19.7 Å². The van der Waals surface area contributed by atoms with Crippen molar-refractivity contribution in [1.29, 1.82) is 0 Å². The Balaban J connectivity index is 1.33. The number of hydrogen-bond acceptors (Lipinski definition) is 6. The fraction of sp³-hybridized carbons (Fsp3) is 0.0857. The van der Waals surface area contributed by atoms with Gasteiger partial charge in [0.05, 0.1) is 41.3 Å². The second-order valence-corrected chi connectivity index (χ2v) is 13.0. The highest BCUT2D eigenvalue weighted by atomic mass is 35.5. The number of hydrogen-bond donors (Lipinski definition) is 3. The molecule has 0 saturated carbocycles. The van der Waals surface area contributed by atoms with Crippen molar-refractivity contribution < 1.29 is 23.1 Å². The van der Waals surface area contributed by atoms with Gasteiger partial charge in [0.25, 0.3) is 0 Å². The van der Waals surface area contributed by atoms with Gasteiger partial charge >= 0.3 is 16.2 Å². The number of nitrogens with zero attached hydrogens (tertiary/aromatic N) is 2. The maximum atomic E-state index is 12.4. The summed E-state index contributed by atoms with van der Waals surface area (Å²) in [5.41, 5.74) is 6.47. The van der Waals surface area contributed by atoms with Gasteiger partial charge in [-0.3, -0.25) is 0 Å². The van der Waals surface area contributed by atoms with Crippen LogP contribution < -0.4 is 9.03 Å². The number of aliphatic hydroxyl groups is 1. The quantitative estimate of drug-likeness (QED) is 0.107. The summed E-state index contributed by atoms with van der Waals surface area (Å²) in [4.78, 5) is 19.8. The van der Waals surface area contributed by atoms with Crippen molar-refractivity contribution in [1.82, 2.24) is 14.7 Å². The first-order chi connectivity index (χ1) is 22.6. The van der Waals surface area contributed by atoms with Crippen LogP contribution in [0.15, 0.2) is 115 Å². The van der Waals surface area contributed by atoms with Gasteiger partial charge in [0.15, 0.2) is 0 Å². The molecule has 0 bridgehead atoms. The van der Waals surface area contributed by atoms with E-state index in [0.717, 1.165) is 43.9 Å². The van der Waals surface area contributed by atoms with Crippen molar-refractivity contribution in [2.24, 2.45) is 0 Å². The molecule has 2 heterocycles. The number of anilines is 1. The first kappa shape index (κ1) is 31.9. The zero-order valence-electron chi connectivity index (χ0n) is 24.9. The van der Waals surface area contributed by atoms with Crippen LogP contribution in [0.2, 0.25) is 10.0 Å². The number of aromatic nitrogens is 2. The van der Waals surface area contributed by atoms with Crippen LogP contribution in [-0.4, -0.2) is 36.1 Å². The number of esters is 1. The lowest BCUT2D eigenvalue weighted by Crippen LogP contribution is -2.29. The highest BCUT2D eigenvalue weighted by Gasteiger charge is 2.29. The van der Waals surface area contributed by atoms with Crippen LogP contribution in [0.25, 0.3) is 28.5 Å². The van der Waals surface area contributed by atoms with Gasteiger partial charge in [0, 0.05) is 16.7 Å². The summed E-state index contributed by atoms with van der Waals surface area (Å²) in [5, 5.41) is 10.7. The van der Waals surface area contributed by atoms with Gasteiger partial charge < -0.3 is 14.8 Å². The molecule has 4 aromatic carbocycles. The summed E-state index contributed by atoms with van der Waals surface area (Å²) in [6.07, 6.45) is 5.94. The van der Waals surface area contributed by atoms with Crippen molar-refractivity contribution >= 4 is 51.1 Å². The number of ether oxygens (including phenoxy) is 1. The Hall–Kier alpha value is -5.03. The number of halogens is 2. The molecule has 0 radical (unpaired) electrons. The second kappa shape index (κ2) is 13.4. The second-order valence-electron chi connectivity index (χ2n) is 10.6. The number of H-pyrrole nitrogens is 1. The fourth-order valence-electron chi connectivity index (χ4n) is 5.26. The van der Waals surface area contributed by atoms with Crippen molar-refractivity contribution in [3.63, 3.8) is 0 Å². The summed E-state index contributed by atoms with van der Waals surface area (Å²) < 4.78 is 32.8. The third-order valence-electron chi connectivity index (χ3n) is 7.49. The number of nitrogens with one attached hydrogen (secondary N) is 2. The molecule has 6 rings (SSSR count). The van der Waals surface area contributed by atoms with E-state index < -0.39 is 16.1 Å². The van der Waals surface area contributed by atoms with Gasteiger partial charge in [-0.25, -0.2) is 18.8 Å². The lowest BCUT2D eigenvalue weighted by Gasteiger charge is -2.19. The Morgan fingerprint density at radius 3 is 2.19 bits per heavy atom. The minimum absolute atomic E-state index is 0.325. The van der Waals surface area contributed by atoms with Crippen molar-refractivity contribution in [2.75, 3.05) is 10.9 Å². The minimum Gasteiger partial charge on any atom is -0.493 e. The molecule has 0 amide bonds. The number of rotatable bonds is 9. The van der Waals surface area contributed by atoms with Crippen LogP contribution in [0.4, 0.5) is 5.69 Å². The van der Waals surface area contributed by atoms with Crippen molar-refractivity contribution in [2.45, 2.75) is 12.8 Å². The summed E-state index contributed by atoms with van der Waals surface area (Å²) in [6.45, 7) is 2.09. The number of benzene rings is 4. The first-order valence-electron chi connectivity index (χ1n) is 14.5. The van der Waals surface area contributed by atoms with E-state index in [9.17, 15) is 18.3 Å². The molecule has 1 aliphatic rings. The number of aromatic amines is 1. The Labute approximate surface area is 282 Å². The molecule has 238 valence electrons. The molecule has 0 fully saturated rings. The number of carbonyl (C=O) groups is 1. The maximum absolute atomic E-state index is 12.4. The third-order valence-corrected chi connectivity index (χ3v) is 9.34. The Morgan fingerprint density at radius 2 is 1.60 bits per heavy atom. The van der Waals surface area contributed by atoms with Gasteiger partial charge in [0.1, 0.15) is 5.82 Å². The predicted octanol–water partition coefficient (Wildman–Crippen LogP) is 7.82. The van der Waals surface area contributed by atoms with E-state index in [1.807, 2.05) is 66.7 Å². The SMILES string of the molecule is CCOC(=O)C=Cc1ccc(-c2ccc(C(c3ccc(N4C=C(O)NS4(=O)=O)cc3)c3ncc(-c4ccc(Cl)cc4Cl)[nH]3)cc2)cc1. The lowest BCUT2D eigenvalue weighted by molar-refractivity contribution is -0.137. The number of aliphatic hydroxyl groups excluding tert-OH is 1.